The zero-order chi connectivity index (χ0) is 20.1. The molecule has 0 aliphatic carbocycles. The van der Waals surface area contributed by atoms with E-state index < -0.39 is 54.2 Å². The largest absolute Gasteiger partial charge is 0.461 e. The second-order valence-corrected chi connectivity index (χ2v) is 5.73. The van der Waals surface area contributed by atoms with Crippen LogP contribution in [0.2, 0.25) is 0 Å². The smallest absolute Gasteiger partial charge is 0.303 e. The number of hydrogen-bond acceptors (Lipinski definition) is 10. The van der Waals surface area contributed by atoms with Crippen molar-refractivity contribution in [2.45, 2.75) is 44.6 Å². The van der Waals surface area contributed by atoms with E-state index in [1.54, 1.807) is 0 Å². The molecule has 0 radical (unpaired) electrons. The summed E-state index contributed by atoms with van der Waals surface area (Å²) in [4.78, 5) is 32.9. The predicted octanol–water partition coefficient (Wildman–Crippen LogP) is -0.0849. The fraction of sp³-hybridized carbons (Fsp3) is 0.500. The molecule has 1 aliphatic rings. The minimum atomic E-state index is -1.47. The number of hydrogen-bond donors (Lipinski definition) is 2. The van der Waals surface area contributed by atoms with Gasteiger partial charge in [0.25, 0.3) is 5.69 Å². The first-order valence-corrected chi connectivity index (χ1v) is 7.93. The number of nitrogens with zero attached hydrogens (tertiary/aromatic N) is 1. The number of nitro benzene ring substituents is 1. The molecule has 0 bridgehead atoms. The van der Waals surface area contributed by atoms with Crippen LogP contribution in [0.5, 0.6) is 5.75 Å². The van der Waals surface area contributed by atoms with Crippen molar-refractivity contribution in [2.24, 2.45) is 0 Å². The lowest BCUT2D eigenvalue weighted by Gasteiger charge is -2.42. The van der Waals surface area contributed by atoms with E-state index in [1.165, 1.54) is 24.3 Å². The Balaban J connectivity index is 2.29. The molecule has 0 amide bonds. The van der Waals surface area contributed by atoms with Crippen molar-refractivity contribution in [1.82, 2.24) is 0 Å². The summed E-state index contributed by atoms with van der Waals surface area (Å²) < 4.78 is 21.1. The summed E-state index contributed by atoms with van der Waals surface area (Å²) in [7, 11) is 0. The van der Waals surface area contributed by atoms with Gasteiger partial charge in [0.1, 0.15) is 18.0 Å². The van der Waals surface area contributed by atoms with E-state index in [1.807, 2.05) is 0 Å². The average Bonchev–Trinajstić information content (AvgIpc) is 2.60. The molecular formula is C16H19NO10. The fourth-order valence-corrected chi connectivity index (χ4v) is 2.56. The maximum absolute atomic E-state index is 11.4. The van der Waals surface area contributed by atoms with Crippen molar-refractivity contribution in [1.29, 1.82) is 0 Å². The molecule has 0 saturated carbocycles. The van der Waals surface area contributed by atoms with Gasteiger partial charge in [-0.05, 0) is 12.1 Å². The van der Waals surface area contributed by atoms with Crippen LogP contribution in [-0.4, -0.2) is 64.4 Å². The molecule has 1 aromatic carbocycles. The van der Waals surface area contributed by atoms with Gasteiger partial charge >= 0.3 is 11.9 Å². The van der Waals surface area contributed by atoms with Gasteiger partial charge in [-0.1, -0.05) is 0 Å². The van der Waals surface area contributed by atoms with Crippen molar-refractivity contribution in [3.8, 4) is 5.75 Å². The number of ether oxygens (including phenoxy) is 4. The highest BCUT2D eigenvalue weighted by atomic mass is 16.7. The van der Waals surface area contributed by atoms with Crippen LogP contribution in [0.25, 0.3) is 0 Å². The van der Waals surface area contributed by atoms with Crippen LogP contribution in [0.15, 0.2) is 24.3 Å². The minimum Gasteiger partial charge on any atom is -0.461 e. The van der Waals surface area contributed by atoms with E-state index in [4.69, 9.17) is 18.9 Å². The first-order valence-electron chi connectivity index (χ1n) is 7.93. The van der Waals surface area contributed by atoms with Crippen molar-refractivity contribution >= 4 is 17.6 Å². The zero-order valence-corrected chi connectivity index (χ0v) is 14.5. The highest BCUT2D eigenvalue weighted by Gasteiger charge is 2.50. The SMILES string of the molecule is CC(=O)O[C@H]1[C@H](Oc2ccc([N+](=O)[O-])cc2)O[C@H](CO)[C@H](O)[C@@H]1OC(C)=O. The molecule has 2 N–H and O–H groups in total. The number of carbonyl (C=O) groups excluding carboxylic acids is 2. The number of nitro groups is 1. The molecule has 0 unspecified atom stereocenters. The normalized spacial score (nSPS) is 27.5. The maximum Gasteiger partial charge on any atom is 0.303 e. The van der Waals surface area contributed by atoms with Gasteiger partial charge in [-0.25, -0.2) is 0 Å². The van der Waals surface area contributed by atoms with Crippen molar-refractivity contribution < 1.29 is 43.7 Å². The summed E-state index contributed by atoms with van der Waals surface area (Å²) in [6, 6.07) is 4.99. The molecule has 0 spiro atoms. The minimum absolute atomic E-state index is 0.136. The molecule has 2 rings (SSSR count). The number of rotatable bonds is 6. The molecule has 1 heterocycles. The Morgan fingerprint density at radius 2 is 1.70 bits per heavy atom. The molecule has 1 fully saturated rings. The Bertz CT molecular complexity index is 691. The van der Waals surface area contributed by atoms with Gasteiger partial charge in [-0.15, -0.1) is 0 Å². The number of benzene rings is 1. The highest BCUT2D eigenvalue weighted by molar-refractivity contribution is 5.67. The van der Waals surface area contributed by atoms with Crippen LogP contribution < -0.4 is 4.74 Å². The van der Waals surface area contributed by atoms with Crippen molar-refractivity contribution in [3.63, 3.8) is 0 Å². The van der Waals surface area contributed by atoms with E-state index in [9.17, 15) is 29.9 Å². The number of non-ortho nitro benzene ring substituents is 1. The maximum atomic E-state index is 11.4. The summed E-state index contributed by atoms with van der Waals surface area (Å²) >= 11 is 0. The molecule has 1 saturated heterocycles. The standard InChI is InChI=1S/C16H19NO10/c1-8(19)24-14-13(21)12(7-18)27-16(15(14)25-9(2)20)26-11-5-3-10(4-6-11)17(22)23/h3-6,12-16,18,21H,7H2,1-2H3/t12-,13+,14+,15-,16-/m1/s1. The van der Waals surface area contributed by atoms with Crippen LogP contribution in [0.4, 0.5) is 5.69 Å². The monoisotopic (exact) mass is 385 g/mol. The molecule has 1 aliphatic heterocycles. The summed E-state index contributed by atoms with van der Waals surface area (Å²) in [6.07, 6.45) is -6.68. The quantitative estimate of drug-likeness (QED) is 0.386. The molecule has 5 atom stereocenters. The number of aliphatic hydroxyl groups excluding tert-OH is 2. The zero-order valence-electron chi connectivity index (χ0n) is 14.5. The average molecular weight is 385 g/mol. The second kappa shape index (κ2) is 8.75. The Morgan fingerprint density at radius 1 is 1.15 bits per heavy atom. The fourth-order valence-electron chi connectivity index (χ4n) is 2.56. The van der Waals surface area contributed by atoms with E-state index in [0.29, 0.717) is 0 Å². The molecule has 148 valence electrons. The highest BCUT2D eigenvalue weighted by Crippen LogP contribution is 2.29. The summed E-state index contributed by atoms with van der Waals surface area (Å²) in [5.74, 6) is -1.35. The van der Waals surface area contributed by atoms with Crippen LogP contribution >= 0.6 is 0 Å². The van der Waals surface area contributed by atoms with Gasteiger partial charge in [0, 0.05) is 26.0 Å². The second-order valence-electron chi connectivity index (χ2n) is 5.73. The van der Waals surface area contributed by atoms with Gasteiger partial charge in [0.05, 0.1) is 11.5 Å². The lowest BCUT2D eigenvalue weighted by Crippen LogP contribution is -2.62. The molecular weight excluding hydrogens is 366 g/mol. The van der Waals surface area contributed by atoms with Gasteiger partial charge in [0.2, 0.25) is 12.4 Å². The number of carbonyl (C=O) groups is 2. The van der Waals surface area contributed by atoms with Gasteiger partial charge < -0.3 is 29.2 Å². The first-order chi connectivity index (χ1) is 12.7. The topological polar surface area (TPSA) is 155 Å². The van der Waals surface area contributed by atoms with Crippen molar-refractivity contribution in [2.75, 3.05) is 6.61 Å². The Labute approximate surface area is 153 Å². The molecule has 0 aromatic heterocycles. The summed E-state index contributed by atoms with van der Waals surface area (Å²) in [5.41, 5.74) is -0.162. The van der Waals surface area contributed by atoms with E-state index in [0.717, 1.165) is 13.8 Å². The van der Waals surface area contributed by atoms with Gasteiger partial charge in [-0.3, -0.25) is 19.7 Å². The predicted molar refractivity (Wildman–Crippen MR) is 86.6 cm³/mol. The van der Waals surface area contributed by atoms with E-state index in [-0.39, 0.29) is 11.4 Å². The third-order valence-corrected chi connectivity index (χ3v) is 3.70. The summed E-state index contributed by atoms with van der Waals surface area (Å²) in [5, 5.41) is 30.4. The third kappa shape index (κ3) is 5.12. The number of aliphatic hydroxyl groups is 2. The van der Waals surface area contributed by atoms with Crippen LogP contribution in [0.1, 0.15) is 13.8 Å². The third-order valence-electron chi connectivity index (χ3n) is 3.70. The summed E-state index contributed by atoms with van der Waals surface area (Å²) in [6.45, 7) is 1.59. The lowest BCUT2D eigenvalue weighted by atomic mass is 9.98. The van der Waals surface area contributed by atoms with Gasteiger partial charge in [-0.2, -0.15) is 0 Å². The van der Waals surface area contributed by atoms with Crippen LogP contribution in [0.3, 0.4) is 0 Å². The van der Waals surface area contributed by atoms with Crippen molar-refractivity contribution in [3.05, 3.63) is 34.4 Å². The van der Waals surface area contributed by atoms with Gasteiger partial charge in [0.15, 0.2) is 6.10 Å². The molecule has 1 aromatic rings. The van der Waals surface area contributed by atoms with E-state index in [2.05, 4.69) is 0 Å². The van der Waals surface area contributed by atoms with Crippen LogP contribution in [0, 0.1) is 10.1 Å². The Hall–Kier alpha value is -2.76. The van der Waals surface area contributed by atoms with Crippen LogP contribution in [-0.2, 0) is 23.8 Å². The molecule has 11 nitrogen and oxygen atoms in total. The Morgan fingerprint density at radius 3 is 2.19 bits per heavy atom. The van der Waals surface area contributed by atoms with E-state index >= 15 is 0 Å². The Kier molecular flexibility index (Phi) is 6.66. The molecule has 11 heteroatoms. The molecule has 27 heavy (non-hydrogen) atoms. The first kappa shape index (κ1) is 20.6. The lowest BCUT2D eigenvalue weighted by molar-refractivity contribution is -0.384. The number of esters is 2.